The van der Waals surface area contributed by atoms with Crippen LogP contribution in [0.25, 0.3) is 0 Å². The molecular formula is C26H37NO5. The van der Waals surface area contributed by atoms with Crippen LogP contribution in [0.1, 0.15) is 53.0 Å². The fourth-order valence-corrected chi connectivity index (χ4v) is 2.67. The molecule has 176 valence electrons. The van der Waals surface area contributed by atoms with Gasteiger partial charge >= 0.3 is 12.1 Å². The Balaban J connectivity index is 0.000000616. The van der Waals surface area contributed by atoms with Crippen LogP contribution in [0, 0.1) is 6.92 Å². The second-order valence-electron chi connectivity index (χ2n) is 8.51. The van der Waals surface area contributed by atoms with Gasteiger partial charge in [-0.05, 0) is 53.2 Å². The molecule has 0 saturated heterocycles. The number of amides is 1. The Kier molecular flexibility index (Phi) is 11.9. The molecule has 0 aromatic heterocycles. The minimum atomic E-state index is -0.643. The summed E-state index contributed by atoms with van der Waals surface area (Å²) in [6.07, 6.45) is 0.359. The van der Waals surface area contributed by atoms with Crippen molar-refractivity contribution in [2.45, 2.75) is 72.2 Å². The lowest BCUT2D eigenvalue weighted by Crippen LogP contribution is -2.37. The van der Waals surface area contributed by atoms with Crippen LogP contribution in [-0.2, 0) is 14.3 Å². The number of carbonyl (C=O) groups excluding carboxylic acids is 2. The summed E-state index contributed by atoms with van der Waals surface area (Å²) >= 11 is 0. The van der Waals surface area contributed by atoms with Crippen LogP contribution in [0.4, 0.5) is 4.79 Å². The number of nitrogens with one attached hydrogen (secondary N) is 1. The predicted molar refractivity (Wildman–Crippen MR) is 127 cm³/mol. The Morgan fingerprint density at radius 3 is 2.00 bits per heavy atom. The van der Waals surface area contributed by atoms with Crippen molar-refractivity contribution in [2.24, 2.45) is 0 Å². The van der Waals surface area contributed by atoms with Gasteiger partial charge in [0.2, 0.25) is 0 Å². The lowest BCUT2D eigenvalue weighted by molar-refractivity contribution is -0.148. The number of benzene rings is 2. The first-order valence-corrected chi connectivity index (χ1v) is 11.0. The largest absolute Gasteiger partial charge is 0.490 e. The third-order valence-corrected chi connectivity index (χ3v) is 4.15. The third kappa shape index (κ3) is 13.3. The second kappa shape index (κ2) is 14.1. The molecule has 1 amide bonds. The summed E-state index contributed by atoms with van der Waals surface area (Å²) in [6.45, 7) is 10.9. The molecule has 2 rings (SSSR count). The quantitative estimate of drug-likeness (QED) is 0.531. The van der Waals surface area contributed by atoms with Gasteiger partial charge in [-0.2, -0.15) is 0 Å². The summed E-state index contributed by atoms with van der Waals surface area (Å²) in [6, 6.07) is 19.8. The predicted octanol–water partition coefficient (Wildman–Crippen LogP) is 5.69. The zero-order valence-corrected chi connectivity index (χ0v) is 20.1. The highest BCUT2D eigenvalue weighted by molar-refractivity contribution is 5.78. The molecule has 0 heterocycles. The van der Waals surface area contributed by atoms with Gasteiger partial charge in [-0.1, -0.05) is 61.0 Å². The lowest BCUT2D eigenvalue weighted by Gasteiger charge is -2.22. The van der Waals surface area contributed by atoms with Gasteiger partial charge in [-0.15, -0.1) is 0 Å². The van der Waals surface area contributed by atoms with Crippen LogP contribution < -0.4 is 10.1 Å². The van der Waals surface area contributed by atoms with E-state index in [1.54, 1.807) is 20.8 Å². The van der Waals surface area contributed by atoms with Gasteiger partial charge in [0, 0.05) is 6.42 Å². The Morgan fingerprint density at radius 2 is 1.53 bits per heavy atom. The summed E-state index contributed by atoms with van der Waals surface area (Å²) < 4.78 is 16.3. The van der Waals surface area contributed by atoms with Crippen LogP contribution in [0.5, 0.6) is 5.75 Å². The first kappa shape index (κ1) is 27.0. The number of esters is 1. The average Bonchev–Trinajstić information content (AvgIpc) is 2.72. The lowest BCUT2D eigenvalue weighted by atomic mass is 10.1. The SMILES string of the molecule is CCC(CC(C)OC(=O)CNC(=O)OC(C)(C)C)Oc1ccccc1.Cc1ccccc1. The summed E-state index contributed by atoms with van der Waals surface area (Å²) in [5.41, 5.74) is 0.715. The number of rotatable bonds is 8. The summed E-state index contributed by atoms with van der Waals surface area (Å²) in [5, 5.41) is 2.38. The number of ether oxygens (including phenoxy) is 3. The van der Waals surface area contributed by atoms with E-state index >= 15 is 0 Å². The average molecular weight is 444 g/mol. The van der Waals surface area contributed by atoms with E-state index in [1.165, 1.54) is 5.56 Å². The van der Waals surface area contributed by atoms with Gasteiger partial charge in [0.1, 0.15) is 30.1 Å². The molecule has 2 aromatic rings. The maximum atomic E-state index is 11.8. The Labute approximate surface area is 192 Å². The van der Waals surface area contributed by atoms with Gasteiger partial charge in [0.15, 0.2) is 0 Å². The number of carbonyl (C=O) groups is 2. The van der Waals surface area contributed by atoms with Crippen LogP contribution in [0.2, 0.25) is 0 Å². The first-order valence-electron chi connectivity index (χ1n) is 11.0. The highest BCUT2D eigenvalue weighted by Crippen LogP contribution is 2.16. The molecule has 32 heavy (non-hydrogen) atoms. The van der Waals surface area contributed by atoms with E-state index in [0.29, 0.717) is 6.42 Å². The molecule has 0 aliphatic rings. The zero-order chi connectivity index (χ0) is 24.0. The molecule has 0 spiro atoms. The molecule has 2 atom stereocenters. The van der Waals surface area contributed by atoms with E-state index in [1.807, 2.05) is 62.4 Å². The Bertz CT molecular complexity index is 787. The molecule has 0 bridgehead atoms. The van der Waals surface area contributed by atoms with Crippen molar-refractivity contribution in [1.29, 1.82) is 0 Å². The molecule has 0 aliphatic carbocycles. The zero-order valence-electron chi connectivity index (χ0n) is 20.1. The Morgan fingerprint density at radius 1 is 0.969 bits per heavy atom. The van der Waals surface area contributed by atoms with Crippen LogP contribution in [0.15, 0.2) is 60.7 Å². The molecular weight excluding hydrogens is 406 g/mol. The van der Waals surface area contributed by atoms with Gasteiger partial charge in [0.05, 0.1) is 0 Å². The number of aryl methyl sites for hydroxylation is 1. The molecule has 1 N–H and O–H groups in total. The van der Waals surface area contributed by atoms with Crippen molar-refractivity contribution >= 4 is 12.1 Å². The number of para-hydroxylation sites is 1. The van der Waals surface area contributed by atoms with Gasteiger partial charge in [-0.3, -0.25) is 4.79 Å². The molecule has 6 nitrogen and oxygen atoms in total. The molecule has 6 heteroatoms. The standard InChI is InChI=1S/C19H29NO5.C7H8/c1-6-15(24-16-10-8-7-9-11-16)12-14(2)23-17(21)13-20-18(22)25-19(3,4)5;1-7-5-3-2-4-6-7/h7-11,14-15H,6,12-13H2,1-5H3,(H,20,22);2-6H,1H3. The van der Waals surface area contributed by atoms with Crippen LogP contribution >= 0.6 is 0 Å². The molecule has 0 saturated carbocycles. The molecule has 0 fully saturated rings. The summed E-state index contributed by atoms with van der Waals surface area (Å²) in [4.78, 5) is 23.3. The monoisotopic (exact) mass is 443 g/mol. The van der Waals surface area contributed by atoms with Crippen LogP contribution in [-0.4, -0.2) is 36.4 Å². The van der Waals surface area contributed by atoms with Crippen molar-refractivity contribution in [2.75, 3.05) is 6.54 Å². The minimum absolute atomic E-state index is 0.0518. The normalized spacial score (nSPS) is 12.4. The van der Waals surface area contributed by atoms with Crippen molar-refractivity contribution in [3.05, 3.63) is 66.2 Å². The van der Waals surface area contributed by atoms with Gasteiger partial charge in [0.25, 0.3) is 0 Å². The van der Waals surface area contributed by atoms with Crippen LogP contribution in [0.3, 0.4) is 0 Å². The van der Waals surface area contributed by atoms with Crippen molar-refractivity contribution in [1.82, 2.24) is 5.32 Å². The molecule has 0 radical (unpaired) electrons. The molecule has 2 unspecified atom stereocenters. The maximum absolute atomic E-state index is 11.8. The highest BCUT2D eigenvalue weighted by atomic mass is 16.6. The van der Waals surface area contributed by atoms with E-state index in [2.05, 4.69) is 24.4 Å². The van der Waals surface area contributed by atoms with E-state index in [9.17, 15) is 9.59 Å². The second-order valence-corrected chi connectivity index (χ2v) is 8.51. The van der Waals surface area contributed by atoms with E-state index in [-0.39, 0.29) is 18.8 Å². The van der Waals surface area contributed by atoms with E-state index < -0.39 is 17.7 Å². The van der Waals surface area contributed by atoms with Crippen molar-refractivity contribution in [3.63, 3.8) is 0 Å². The fourth-order valence-electron chi connectivity index (χ4n) is 2.67. The topological polar surface area (TPSA) is 73.9 Å². The van der Waals surface area contributed by atoms with Gasteiger partial charge in [-0.25, -0.2) is 4.79 Å². The number of hydrogen-bond donors (Lipinski definition) is 1. The smallest absolute Gasteiger partial charge is 0.408 e. The fraction of sp³-hybridized carbons (Fsp3) is 0.462. The number of hydrogen-bond acceptors (Lipinski definition) is 5. The highest BCUT2D eigenvalue weighted by Gasteiger charge is 2.19. The van der Waals surface area contributed by atoms with Crippen molar-refractivity contribution < 1.29 is 23.8 Å². The van der Waals surface area contributed by atoms with Crippen molar-refractivity contribution in [3.8, 4) is 5.75 Å². The number of alkyl carbamates (subject to hydrolysis) is 1. The minimum Gasteiger partial charge on any atom is -0.490 e. The van der Waals surface area contributed by atoms with E-state index in [0.717, 1.165) is 12.2 Å². The maximum Gasteiger partial charge on any atom is 0.408 e. The molecule has 2 aromatic carbocycles. The summed E-state index contributed by atoms with van der Waals surface area (Å²) in [7, 11) is 0. The van der Waals surface area contributed by atoms with E-state index in [4.69, 9.17) is 14.2 Å². The summed E-state index contributed by atoms with van der Waals surface area (Å²) in [5.74, 6) is 0.285. The van der Waals surface area contributed by atoms with Gasteiger partial charge < -0.3 is 19.5 Å². The third-order valence-electron chi connectivity index (χ3n) is 4.15. The first-order chi connectivity index (χ1) is 15.1. The Hall–Kier alpha value is -3.02. The molecule has 0 aliphatic heterocycles.